The Balaban J connectivity index is 1.60. The van der Waals surface area contributed by atoms with Crippen molar-refractivity contribution in [2.45, 2.75) is 13.5 Å². The summed E-state index contributed by atoms with van der Waals surface area (Å²) in [6, 6.07) is 12.8. The van der Waals surface area contributed by atoms with Gasteiger partial charge in [0.05, 0.1) is 6.54 Å². The number of rotatable bonds is 5. The van der Waals surface area contributed by atoms with Gasteiger partial charge in [0.1, 0.15) is 10.8 Å². The zero-order valence-corrected chi connectivity index (χ0v) is 14.6. The van der Waals surface area contributed by atoms with E-state index in [1.165, 1.54) is 18.2 Å². The maximum atomic E-state index is 13.2. The Morgan fingerprint density at radius 3 is 2.65 bits per heavy atom. The molecule has 2 aromatic carbocycles. The van der Waals surface area contributed by atoms with E-state index in [0.29, 0.717) is 16.3 Å². The first-order valence-electron chi connectivity index (χ1n) is 7.76. The van der Waals surface area contributed by atoms with Crippen LogP contribution in [0.25, 0.3) is 0 Å². The van der Waals surface area contributed by atoms with Gasteiger partial charge in [0.15, 0.2) is 0 Å². The molecule has 0 fully saturated rings. The molecule has 0 radical (unpaired) electrons. The van der Waals surface area contributed by atoms with Crippen molar-refractivity contribution in [1.82, 2.24) is 15.5 Å². The van der Waals surface area contributed by atoms with Gasteiger partial charge in [0.2, 0.25) is 5.01 Å². The summed E-state index contributed by atoms with van der Waals surface area (Å²) in [5, 5.41) is 13.7. The van der Waals surface area contributed by atoms with Crippen LogP contribution in [-0.2, 0) is 6.54 Å². The fourth-order valence-corrected chi connectivity index (χ4v) is 2.92. The maximum Gasteiger partial charge on any atom is 0.286 e. The minimum atomic E-state index is -0.482. The van der Waals surface area contributed by atoms with Crippen LogP contribution in [0.4, 0.5) is 10.1 Å². The Hall–Kier alpha value is -3.13. The molecule has 6 nitrogen and oxygen atoms in total. The van der Waals surface area contributed by atoms with Crippen molar-refractivity contribution >= 4 is 28.8 Å². The molecule has 0 atom stereocenters. The molecule has 0 bridgehead atoms. The lowest BCUT2D eigenvalue weighted by Crippen LogP contribution is -2.23. The Bertz CT molecular complexity index is 958. The van der Waals surface area contributed by atoms with Crippen LogP contribution >= 0.6 is 11.3 Å². The van der Waals surface area contributed by atoms with Gasteiger partial charge in [-0.1, -0.05) is 35.6 Å². The largest absolute Gasteiger partial charge is 0.345 e. The molecule has 8 heteroatoms. The number of aromatic nitrogens is 2. The van der Waals surface area contributed by atoms with Gasteiger partial charge in [-0.15, -0.1) is 10.2 Å². The van der Waals surface area contributed by atoms with Crippen LogP contribution in [0.1, 0.15) is 30.7 Å². The van der Waals surface area contributed by atoms with E-state index >= 15 is 0 Å². The number of nitrogens with zero attached hydrogens (tertiary/aromatic N) is 2. The van der Waals surface area contributed by atoms with E-state index < -0.39 is 11.7 Å². The fourth-order valence-electron chi connectivity index (χ4n) is 2.25. The summed E-state index contributed by atoms with van der Waals surface area (Å²) in [6.07, 6.45) is 0. The molecule has 0 aliphatic rings. The number of anilines is 1. The second kappa shape index (κ2) is 7.83. The molecule has 2 N–H and O–H groups in total. The van der Waals surface area contributed by atoms with Gasteiger partial charge < -0.3 is 10.6 Å². The highest BCUT2D eigenvalue weighted by Crippen LogP contribution is 2.15. The van der Waals surface area contributed by atoms with Gasteiger partial charge in [-0.25, -0.2) is 4.39 Å². The average molecular weight is 370 g/mol. The first kappa shape index (κ1) is 17.7. The Morgan fingerprint density at radius 1 is 1.08 bits per heavy atom. The van der Waals surface area contributed by atoms with Crippen LogP contribution in [0.15, 0.2) is 48.5 Å². The van der Waals surface area contributed by atoms with E-state index in [1.54, 1.807) is 18.2 Å². The van der Waals surface area contributed by atoms with E-state index in [-0.39, 0.29) is 17.5 Å². The topological polar surface area (TPSA) is 84.0 Å². The van der Waals surface area contributed by atoms with Crippen molar-refractivity contribution in [3.8, 4) is 0 Å². The number of nitrogens with one attached hydrogen (secondary N) is 2. The number of hydrogen-bond acceptors (Lipinski definition) is 5. The second-order valence-electron chi connectivity index (χ2n) is 5.46. The van der Waals surface area contributed by atoms with Crippen LogP contribution in [0.5, 0.6) is 0 Å². The van der Waals surface area contributed by atoms with Crippen molar-refractivity contribution in [1.29, 1.82) is 0 Å². The quantitative estimate of drug-likeness (QED) is 0.723. The molecule has 0 unspecified atom stereocenters. The highest BCUT2D eigenvalue weighted by Gasteiger charge is 2.14. The van der Waals surface area contributed by atoms with Crippen molar-refractivity contribution < 1.29 is 14.0 Å². The van der Waals surface area contributed by atoms with Gasteiger partial charge in [-0.05, 0) is 36.8 Å². The lowest BCUT2D eigenvalue weighted by Gasteiger charge is -2.05. The van der Waals surface area contributed by atoms with Crippen molar-refractivity contribution in [3.05, 3.63) is 75.5 Å². The highest BCUT2D eigenvalue weighted by molar-refractivity contribution is 7.13. The van der Waals surface area contributed by atoms with E-state index in [4.69, 9.17) is 0 Å². The molecule has 0 saturated heterocycles. The molecular weight excluding hydrogens is 355 g/mol. The molecule has 0 spiro atoms. The number of hydrogen-bond donors (Lipinski definition) is 2. The van der Waals surface area contributed by atoms with Crippen molar-refractivity contribution in [3.63, 3.8) is 0 Å². The summed E-state index contributed by atoms with van der Waals surface area (Å²) in [5.74, 6) is -1.15. The molecular formula is C18H15FN4O2S. The standard InChI is InChI=1S/C18H15FN4O2S/c1-11-5-2-3-8-14(11)16(24)20-10-15-22-23-18(26-15)17(25)21-13-7-4-6-12(19)9-13/h2-9H,10H2,1H3,(H,20,24)(H,21,25). The number of benzene rings is 2. The summed E-state index contributed by atoms with van der Waals surface area (Å²) >= 11 is 1.06. The van der Waals surface area contributed by atoms with Crippen LogP contribution in [-0.4, -0.2) is 22.0 Å². The molecule has 26 heavy (non-hydrogen) atoms. The average Bonchev–Trinajstić information content (AvgIpc) is 3.09. The Labute approximate surface area is 153 Å². The number of carbonyl (C=O) groups excluding carboxylic acids is 2. The lowest BCUT2D eigenvalue weighted by molar-refractivity contribution is 0.0949. The van der Waals surface area contributed by atoms with E-state index in [9.17, 15) is 14.0 Å². The van der Waals surface area contributed by atoms with Crippen molar-refractivity contribution in [2.24, 2.45) is 0 Å². The maximum absolute atomic E-state index is 13.2. The molecule has 0 saturated carbocycles. The Morgan fingerprint density at radius 2 is 1.88 bits per heavy atom. The van der Waals surface area contributed by atoms with E-state index in [0.717, 1.165) is 16.9 Å². The van der Waals surface area contributed by atoms with Gasteiger partial charge in [0, 0.05) is 11.3 Å². The normalized spacial score (nSPS) is 10.4. The minimum absolute atomic E-state index is 0.134. The minimum Gasteiger partial charge on any atom is -0.345 e. The first-order valence-corrected chi connectivity index (χ1v) is 8.58. The molecule has 3 aromatic rings. The summed E-state index contributed by atoms with van der Waals surface area (Å²) in [5.41, 5.74) is 1.79. The number of carbonyl (C=O) groups is 2. The smallest absolute Gasteiger partial charge is 0.286 e. The van der Waals surface area contributed by atoms with Gasteiger partial charge in [0.25, 0.3) is 11.8 Å². The van der Waals surface area contributed by atoms with Gasteiger partial charge in [-0.3, -0.25) is 9.59 Å². The predicted octanol–water partition coefficient (Wildman–Crippen LogP) is 3.17. The monoisotopic (exact) mass is 370 g/mol. The van der Waals surface area contributed by atoms with E-state index in [2.05, 4.69) is 20.8 Å². The van der Waals surface area contributed by atoms with Gasteiger partial charge in [-0.2, -0.15) is 0 Å². The Kier molecular flexibility index (Phi) is 5.33. The zero-order chi connectivity index (χ0) is 18.5. The third kappa shape index (κ3) is 4.28. The molecule has 132 valence electrons. The second-order valence-corrected chi connectivity index (χ2v) is 6.53. The van der Waals surface area contributed by atoms with Crippen LogP contribution in [0.3, 0.4) is 0 Å². The third-order valence-corrected chi connectivity index (χ3v) is 4.46. The summed E-state index contributed by atoms with van der Waals surface area (Å²) in [6.45, 7) is 2.02. The molecule has 1 aromatic heterocycles. The summed E-state index contributed by atoms with van der Waals surface area (Å²) in [7, 11) is 0. The van der Waals surface area contributed by atoms with Crippen LogP contribution < -0.4 is 10.6 Å². The molecule has 2 amide bonds. The number of amides is 2. The molecule has 0 aliphatic carbocycles. The van der Waals surface area contributed by atoms with Crippen LogP contribution in [0, 0.1) is 12.7 Å². The third-order valence-electron chi connectivity index (χ3n) is 3.53. The summed E-state index contributed by atoms with van der Waals surface area (Å²) < 4.78 is 13.2. The van der Waals surface area contributed by atoms with Gasteiger partial charge >= 0.3 is 0 Å². The fraction of sp³-hybridized carbons (Fsp3) is 0.111. The summed E-state index contributed by atoms with van der Waals surface area (Å²) in [4.78, 5) is 24.3. The molecule has 3 rings (SSSR count). The number of halogens is 1. The number of aryl methyl sites for hydroxylation is 1. The predicted molar refractivity (Wildman–Crippen MR) is 96.6 cm³/mol. The van der Waals surface area contributed by atoms with E-state index in [1.807, 2.05) is 19.1 Å². The molecule has 0 aliphatic heterocycles. The first-order chi connectivity index (χ1) is 12.5. The SMILES string of the molecule is Cc1ccccc1C(=O)NCc1nnc(C(=O)Nc2cccc(F)c2)s1. The highest BCUT2D eigenvalue weighted by atomic mass is 32.1. The zero-order valence-electron chi connectivity index (χ0n) is 13.8. The van der Waals surface area contributed by atoms with Crippen molar-refractivity contribution in [2.75, 3.05) is 5.32 Å². The van der Waals surface area contributed by atoms with Crippen LogP contribution in [0.2, 0.25) is 0 Å². The lowest BCUT2D eigenvalue weighted by atomic mass is 10.1. The molecule has 1 heterocycles.